The molecule has 0 radical (unpaired) electrons. The molecule has 7 nitrogen and oxygen atoms in total. The number of aromatic nitrogens is 4. The second kappa shape index (κ2) is 6.06. The summed E-state index contributed by atoms with van der Waals surface area (Å²) >= 11 is 5.90. The Bertz CT molecular complexity index is 796. The smallest absolute Gasteiger partial charge is 0.255 e. The van der Waals surface area contributed by atoms with Gasteiger partial charge in [0, 0.05) is 10.7 Å². The molecule has 1 aromatic carbocycles. The molecule has 0 unspecified atom stereocenters. The van der Waals surface area contributed by atoms with E-state index in [1.165, 1.54) is 0 Å². The Kier molecular flexibility index (Phi) is 3.96. The van der Waals surface area contributed by atoms with Crippen LogP contribution in [0.3, 0.4) is 0 Å². The van der Waals surface area contributed by atoms with Gasteiger partial charge in [-0.05, 0) is 28.5 Å². The molecule has 0 atom stereocenters. The average Bonchev–Trinajstić information content (AvgIpc) is 2.92. The van der Waals surface area contributed by atoms with Gasteiger partial charge in [0.05, 0.1) is 6.54 Å². The molecule has 0 aliphatic rings. The fourth-order valence-corrected chi connectivity index (χ4v) is 1.92. The van der Waals surface area contributed by atoms with Crippen molar-refractivity contribution in [1.82, 2.24) is 20.3 Å². The molecule has 0 saturated heterocycles. The van der Waals surface area contributed by atoms with Crippen molar-refractivity contribution in [3.8, 4) is 0 Å². The lowest BCUT2D eigenvalue weighted by molar-refractivity contribution is 0.163. The molecule has 0 aliphatic carbocycles. The average molecular weight is 327 g/mol. The number of benzene rings is 1. The van der Waals surface area contributed by atoms with Crippen LogP contribution in [0.25, 0.3) is 11.3 Å². The predicted molar refractivity (Wildman–Crippen MR) is 76.6 cm³/mol. The van der Waals surface area contributed by atoms with Gasteiger partial charge >= 0.3 is 0 Å². The summed E-state index contributed by atoms with van der Waals surface area (Å²) in [4.78, 5) is 8.20. The first-order chi connectivity index (χ1) is 10.6. The number of alkyl halides is 2. The summed E-state index contributed by atoms with van der Waals surface area (Å²) < 4.78 is 29.3. The van der Waals surface area contributed by atoms with Crippen molar-refractivity contribution in [2.24, 2.45) is 0 Å². The molecule has 22 heavy (non-hydrogen) atoms. The second-order valence-corrected chi connectivity index (χ2v) is 4.68. The van der Waals surface area contributed by atoms with E-state index in [1.807, 2.05) is 0 Å². The van der Waals surface area contributed by atoms with E-state index in [0.29, 0.717) is 10.7 Å². The van der Waals surface area contributed by atoms with Crippen LogP contribution < -0.4 is 10.6 Å². The molecule has 0 bridgehead atoms. The zero-order valence-corrected chi connectivity index (χ0v) is 11.7. The molecule has 3 rings (SSSR count). The first kappa shape index (κ1) is 14.4. The summed E-state index contributed by atoms with van der Waals surface area (Å²) in [5, 5.41) is 13.1. The van der Waals surface area contributed by atoms with Gasteiger partial charge in [-0.15, -0.1) is 0 Å². The van der Waals surface area contributed by atoms with E-state index in [9.17, 15) is 8.78 Å². The number of anilines is 3. The van der Waals surface area contributed by atoms with Crippen molar-refractivity contribution >= 4 is 40.2 Å². The van der Waals surface area contributed by atoms with Gasteiger partial charge in [-0.1, -0.05) is 17.7 Å². The largest absolute Gasteiger partial charge is 0.361 e. The van der Waals surface area contributed by atoms with Gasteiger partial charge in [0.25, 0.3) is 6.43 Å². The van der Waals surface area contributed by atoms with Crippen LogP contribution >= 0.6 is 11.6 Å². The van der Waals surface area contributed by atoms with Gasteiger partial charge in [0.15, 0.2) is 11.6 Å². The molecular weight excluding hydrogens is 318 g/mol. The molecule has 2 aromatic heterocycles. The van der Waals surface area contributed by atoms with Crippen LogP contribution in [0.2, 0.25) is 5.02 Å². The molecule has 10 heteroatoms. The second-order valence-electron chi connectivity index (χ2n) is 4.24. The highest BCUT2D eigenvalue weighted by molar-refractivity contribution is 6.30. The highest BCUT2D eigenvalue weighted by Crippen LogP contribution is 2.25. The Hall–Kier alpha value is -2.55. The Labute approximate surface area is 127 Å². The Morgan fingerprint density at radius 1 is 1.14 bits per heavy atom. The normalized spacial score (nSPS) is 11.1. The third kappa shape index (κ3) is 3.19. The van der Waals surface area contributed by atoms with E-state index in [1.54, 1.807) is 24.3 Å². The number of hydrogen-bond donors (Lipinski definition) is 2. The van der Waals surface area contributed by atoms with Crippen molar-refractivity contribution in [3.05, 3.63) is 29.3 Å². The predicted octanol–water partition coefficient (Wildman–Crippen LogP) is 3.09. The third-order valence-corrected chi connectivity index (χ3v) is 2.86. The zero-order valence-electron chi connectivity index (χ0n) is 10.9. The van der Waals surface area contributed by atoms with Crippen LogP contribution in [0.4, 0.5) is 26.1 Å². The van der Waals surface area contributed by atoms with E-state index in [2.05, 4.69) is 35.5 Å². The van der Waals surface area contributed by atoms with E-state index < -0.39 is 13.0 Å². The fourth-order valence-electron chi connectivity index (χ4n) is 1.73. The lowest BCUT2D eigenvalue weighted by Gasteiger charge is -2.11. The highest BCUT2D eigenvalue weighted by Gasteiger charge is 2.14. The lowest BCUT2D eigenvalue weighted by atomic mass is 10.3. The fraction of sp³-hybridized carbons (Fsp3) is 0.167. The monoisotopic (exact) mass is 326 g/mol. The quantitative estimate of drug-likeness (QED) is 0.744. The summed E-state index contributed by atoms with van der Waals surface area (Å²) in [6.45, 7) is -0.574. The Balaban J connectivity index is 1.95. The standard InChI is InChI=1S/C12H9ClF2N6O/c13-6-2-1-3-7(4-6)17-10-9(16-5-8(14)15)18-11-12(19-10)21-22-20-11/h1-4,8H,5H2,(H,16,18,20)(H,17,19,21). The molecule has 0 spiro atoms. The minimum absolute atomic E-state index is 0.114. The van der Waals surface area contributed by atoms with Crippen molar-refractivity contribution in [3.63, 3.8) is 0 Å². The number of hydrogen-bond acceptors (Lipinski definition) is 7. The van der Waals surface area contributed by atoms with Crippen LogP contribution in [0, 0.1) is 0 Å². The van der Waals surface area contributed by atoms with E-state index in [4.69, 9.17) is 11.6 Å². The number of fused-ring (bicyclic) bond motifs is 1. The van der Waals surface area contributed by atoms with Gasteiger partial charge in [-0.25, -0.2) is 23.4 Å². The molecular formula is C12H9ClF2N6O. The number of rotatable bonds is 5. The molecule has 0 saturated carbocycles. The maximum Gasteiger partial charge on any atom is 0.255 e. The maximum atomic E-state index is 12.4. The molecule has 114 valence electrons. The highest BCUT2D eigenvalue weighted by atomic mass is 35.5. The van der Waals surface area contributed by atoms with Crippen LogP contribution in [0.15, 0.2) is 28.9 Å². The molecule has 0 fully saturated rings. The molecule has 3 aromatic rings. The third-order valence-electron chi connectivity index (χ3n) is 2.63. The molecule has 2 N–H and O–H groups in total. The molecule has 0 aliphatic heterocycles. The van der Waals surface area contributed by atoms with Gasteiger partial charge in [0.2, 0.25) is 11.3 Å². The first-order valence-corrected chi connectivity index (χ1v) is 6.54. The van der Waals surface area contributed by atoms with Gasteiger partial charge in [-0.3, -0.25) is 0 Å². The lowest BCUT2D eigenvalue weighted by Crippen LogP contribution is -2.13. The van der Waals surface area contributed by atoms with Crippen LogP contribution in [0.5, 0.6) is 0 Å². The van der Waals surface area contributed by atoms with Crippen molar-refractivity contribution < 1.29 is 13.4 Å². The number of nitrogens with zero attached hydrogens (tertiary/aromatic N) is 4. The molecule has 0 amide bonds. The summed E-state index contributed by atoms with van der Waals surface area (Å²) in [5.41, 5.74) is 0.901. The minimum Gasteiger partial charge on any atom is -0.361 e. The van der Waals surface area contributed by atoms with E-state index in [0.717, 1.165) is 0 Å². The SMILES string of the molecule is FC(F)CNc1nc2nonc2nc1Nc1cccc(Cl)c1. The Morgan fingerprint density at radius 3 is 2.55 bits per heavy atom. The summed E-state index contributed by atoms with van der Waals surface area (Å²) in [5.74, 6) is 0.328. The van der Waals surface area contributed by atoms with Crippen LogP contribution in [-0.2, 0) is 0 Å². The van der Waals surface area contributed by atoms with Gasteiger partial charge in [0.1, 0.15) is 0 Å². The van der Waals surface area contributed by atoms with Crippen molar-refractivity contribution in [1.29, 1.82) is 0 Å². The maximum absolute atomic E-state index is 12.4. The topological polar surface area (TPSA) is 88.8 Å². The van der Waals surface area contributed by atoms with Crippen LogP contribution in [0.1, 0.15) is 0 Å². The molecule has 2 heterocycles. The minimum atomic E-state index is -2.54. The van der Waals surface area contributed by atoms with Crippen molar-refractivity contribution in [2.45, 2.75) is 6.43 Å². The van der Waals surface area contributed by atoms with Gasteiger partial charge < -0.3 is 10.6 Å². The number of halogens is 3. The van der Waals surface area contributed by atoms with Crippen LogP contribution in [-0.4, -0.2) is 33.3 Å². The van der Waals surface area contributed by atoms with Gasteiger partial charge in [-0.2, -0.15) is 0 Å². The van der Waals surface area contributed by atoms with E-state index in [-0.39, 0.29) is 22.9 Å². The number of nitrogens with one attached hydrogen (secondary N) is 2. The van der Waals surface area contributed by atoms with E-state index >= 15 is 0 Å². The summed E-state index contributed by atoms with van der Waals surface area (Å²) in [6, 6.07) is 6.85. The summed E-state index contributed by atoms with van der Waals surface area (Å²) in [7, 11) is 0. The zero-order chi connectivity index (χ0) is 15.5. The summed E-state index contributed by atoms with van der Waals surface area (Å²) in [6.07, 6.45) is -2.54. The van der Waals surface area contributed by atoms with Crippen molar-refractivity contribution in [2.75, 3.05) is 17.2 Å². The Morgan fingerprint density at radius 2 is 1.86 bits per heavy atom. The first-order valence-electron chi connectivity index (χ1n) is 6.17.